The molecule has 1 amide bonds. The minimum absolute atomic E-state index is 0.226. The SMILES string of the molecule is COc1ccc(-c2nc(C(=O)Nc3nc(-c4cccnc4)cs3)c(C)o2)cc1. The van der Waals surface area contributed by atoms with Crippen molar-refractivity contribution in [3.05, 3.63) is 65.6 Å². The Morgan fingerprint density at radius 3 is 2.68 bits per heavy atom. The highest BCUT2D eigenvalue weighted by Gasteiger charge is 2.19. The van der Waals surface area contributed by atoms with Crippen molar-refractivity contribution in [3.63, 3.8) is 0 Å². The topological polar surface area (TPSA) is 90.1 Å². The van der Waals surface area contributed by atoms with Crippen LogP contribution in [0.5, 0.6) is 5.75 Å². The number of thiazole rings is 1. The predicted octanol–water partition coefficient (Wildman–Crippen LogP) is 4.43. The van der Waals surface area contributed by atoms with Crippen molar-refractivity contribution >= 4 is 22.4 Å². The fourth-order valence-electron chi connectivity index (χ4n) is 2.60. The highest BCUT2D eigenvalue weighted by molar-refractivity contribution is 7.14. The molecule has 0 aliphatic heterocycles. The maximum atomic E-state index is 12.6. The number of nitrogens with zero attached hydrogens (tertiary/aromatic N) is 3. The predicted molar refractivity (Wildman–Crippen MR) is 107 cm³/mol. The van der Waals surface area contributed by atoms with Gasteiger partial charge in [-0.15, -0.1) is 11.3 Å². The second-order valence-electron chi connectivity index (χ2n) is 5.89. The average molecular weight is 392 g/mol. The first-order valence-electron chi connectivity index (χ1n) is 8.43. The van der Waals surface area contributed by atoms with E-state index < -0.39 is 0 Å². The molecule has 0 spiro atoms. The normalized spacial score (nSPS) is 10.6. The molecule has 3 aromatic heterocycles. The fourth-order valence-corrected chi connectivity index (χ4v) is 3.31. The summed E-state index contributed by atoms with van der Waals surface area (Å²) in [6.07, 6.45) is 3.43. The summed E-state index contributed by atoms with van der Waals surface area (Å²) in [5, 5.41) is 5.13. The van der Waals surface area contributed by atoms with Crippen LogP contribution >= 0.6 is 11.3 Å². The van der Waals surface area contributed by atoms with Crippen LogP contribution in [0.15, 0.2) is 58.6 Å². The second-order valence-corrected chi connectivity index (χ2v) is 6.74. The summed E-state index contributed by atoms with van der Waals surface area (Å²) in [6.45, 7) is 1.71. The molecule has 0 saturated heterocycles. The standard InChI is InChI=1S/C20H16N4O3S/c1-12-17(23-19(27-12)13-5-7-15(26-2)8-6-13)18(25)24-20-22-16(11-28-20)14-4-3-9-21-10-14/h3-11H,1-2H3,(H,22,24,25). The van der Waals surface area contributed by atoms with Gasteiger partial charge in [-0.1, -0.05) is 0 Å². The number of nitrogens with one attached hydrogen (secondary N) is 1. The Morgan fingerprint density at radius 2 is 1.96 bits per heavy atom. The van der Waals surface area contributed by atoms with E-state index in [0.717, 1.165) is 22.6 Å². The van der Waals surface area contributed by atoms with Crippen LogP contribution < -0.4 is 10.1 Å². The molecule has 1 aromatic carbocycles. The van der Waals surface area contributed by atoms with E-state index in [2.05, 4.69) is 20.3 Å². The molecule has 140 valence electrons. The number of benzene rings is 1. The molecule has 7 nitrogen and oxygen atoms in total. The van der Waals surface area contributed by atoms with E-state index in [1.165, 1.54) is 11.3 Å². The zero-order chi connectivity index (χ0) is 19.5. The molecule has 0 aliphatic rings. The number of carbonyl (C=O) groups is 1. The van der Waals surface area contributed by atoms with Gasteiger partial charge in [0.25, 0.3) is 5.91 Å². The highest BCUT2D eigenvalue weighted by Crippen LogP contribution is 2.27. The number of anilines is 1. The number of hydrogen-bond donors (Lipinski definition) is 1. The molecular weight excluding hydrogens is 376 g/mol. The highest BCUT2D eigenvalue weighted by atomic mass is 32.1. The van der Waals surface area contributed by atoms with Crippen molar-refractivity contribution in [3.8, 4) is 28.5 Å². The van der Waals surface area contributed by atoms with Gasteiger partial charge in [-0.25, -0.2) is 9.97 Å². The van der Waals surface area contributed by atoms with E-state index in [1.54, 1.807) is 26.4 Å². The van der Waals surface area contributed by atoms with Crippen LogP contribution in [0.1, 0.15) is 16.2 Å². The van der Waals surface area contributed by atoms with Crippen LogP contribution in [0.4, 0.5) is 5.13 Å². The molecule has 0 atom stereocenters. The smallest absolute Gasteiger partial charge is 0.279 e. The number of aromatic nitrogens is 3. The molecule has 0 saturated carbocycles. The van der Waals surface area contributed by atoms with E-state index in [9.17, 15) is 4.79 Å². The largest absolute Gasteiger partial charge is 0.497 e. The maximum absolute atomic E-state index is 12.6. The minimum Gasteiger partial charge on any atom is -0.497 e. The minimum atomic E-state index is -0.368. The van der Waals surface area contributed by atoms with Gasteiger partial charge in [0.15, 0.2) is 10.8 Å². The Labute approximate surface area is 165 Å². The molecule has 0 radical (unpaired) electrons. The van der Waals surface area contributed by atoms with Crippen molar-refractivity contribution < 1.29 is 13.9 Å². The first-order chi connectivity index (χ1) is 13.6. The van der Waals surface area contributed by atoms with Crippen molar-refractivity contribution in [2.45, 2.75) is 6.92 Å². The number of methoxy groups -OCH3 is 1. The molecule has 3 heterocycles. The van der Waals surface area contributed by atoms with Gasteiger partial charge in [-0.05, 0) is 43.3 Å². The summed E-state index contributed by atoms with van der Waals surface area (Å²) >= 11 is 1.34. The lowest BCUT2D eigenvalue weighted by Crippen LogP contribution is -2.13. The molecule has 0 unspecified atom stereocenters. The van der Waals surface area contributed by atoms with Crippen molar-refractivity contribution in [2.75, 3.05) is 12.4 Å². The number of oxazole rings is 1. The van der Waals surface area contributed by atoms with Crippen molar-refractivity contribution in [1.29, 1.82) is 0 Å². The number of amides is 1. The number of ether oxygens (including phenoxy) is 1. The van der Waals surface area contributed by atoms with E-state index >= 15 is 0 Å². The number of aryl methyl sites for hydroxylation is 1. The van der Waals surface area contributed by atoms with E-state index in [4.69, 9.17) is 9.15 Å². The van der Waals surface area contributed by atoms with Gasteiger partial charge >= 0.3 is 0 Å². The number of carbonyl (C=O) groups excluding carboxylic acids is 1. The zero-order valence-electron chi connectivity index (χ0n) is 15.2. The maximum Gasteiger partial charge on any atom is 0.279 e. The molecule has 0 aliphatic carbocycles. The third kappa shape index (κ3) is 3.63. The third-order valence-electron chi connectivity index (χ3n) is 4.03. The molecule has 8 heteroatoms. The van der Waals surface area contributed by atoms with Gasteiger partial charge in [0.2, 0.25) is 5.89 Å². The van der Waals surface area contributed by atoms with E-state index in [-0.39, 0.29) is 11.6 Å². The molecule has 4 rings (SSSR count). The first kappa shape index (κ1) is 17.9. The van der Waals surface area contributed by atoms with Gasteiger partial charge in [0.1, 0.15) is 11.5 Å². The summed E-state index contributed by atoms with van der Waals surface area (Å²) in [6, 6.07) is 11.0. The van der Waals surface area contributed by atoms with Crippen molar-refractivity contribution in [2.24, 2.45) is 0 Å². The van der Waals surface area contributed by atoms with Gasteiger partial charge in [0, 0.05) is 28.9 Å². The summed E-state index contributed by atoms with van der Waals surface area (Å²) in [5.41, 5.74) is 2.63. The van der Waals surface area contributed by atoms with Crippen LogP contribution in [0.25, 0.3) is 22.7 Å². The van der Waals surface area contributed by atoms with Crippen LogP contribution in [0.3, 0.4) is 0 Å². The summed E-state index contributed by atoms with van der Waals surface area (Å²) in [5.74, 6) is 1.18. The van der Waals surface area contributed by atoms with E-state index in [1.807, 2.05) is 41.8 Å². The Morgan fingerprint density at radius 1 is 1.14 bits per heavy atom. The third-order valence-corrected chi connectivity index (χ3v) is 4.79. The van der Waals surface area contributed by atoms with Crippen LogP contribution in [0.2, 0.25) is 0 Å². The molecular formula is C20H16N4O3S. The summed E-state index contributed by atoms with van der Waals surface area (Å²) in [7, 11) is 1.60. The van der Waals surface area contributed by atoms with E-state index in [0.29, 0.717) is 16.8 Å². The lowest BCUT2D eigenvalue weighted by Gasteiger charge is -1.99. The first-order valence-corrected chi connectivity index (χ1v) is 9.31. The molecule has 28 heavy (non-hydrogen) atoms. The molecule has 0 bridgehead atoms. The van der Waals surface area contributed by atoms with Gasteiger partial charge in [0.05, 0.1) is 12.8 Å². The molecule has 0 fully saturated rings. The second kappa shape index (κ2) is 7.61. The molecule has 1 N–H and O–H groups in total. The summed E-state index contributed by atoms with van der Waals surface area (Å²) in [4.78, 5) is 25.5. The number of pyridine rings is 1. The Hall–Kier alpha value is -3.52. The lowest BCUT2D eigenvalue weighted by atomic mass is 10.2. The van der Waals surface area contributed by atoms with Gasteiger partial charge < -0.3 is 9.15 Å². The monoisotopic (exact) mass is 392 g/mol. The van der Waals surface area contributed by atoms with Crippen LogP contribution in [-0.2, 0) is 0 Å². The lowest BCUT2D eigenvalue weighted by molar-refractivity contribution is 0.102. The number of rotatable bonds is 5. The summed E-state index contributed by atoms with van der Waals surface area (Å²) < 4.78 is 10.8. The molecule has 4 aromatic rings. The zero-order valence-corrected chi connectivity index (χ0v) is 16.0. The van der Waals surface area contributed by atoms with Gasteiger partial charge in [-0.3, -0.25) is 15.1 Å². The van der Waals surface area contributed by atoms with Crippen molar-refractivity contribution in [1.82, 2.24) is 15.0 Å². The quantitative estimate of drug-likeness (QED) is 0.540. The van der Waals surface area contributed by atoms with Crippen LogP contribution in [0, 0.1) is 6.92 Å². The average Bonchev–Trinajstić information content (AvgIpc) is 3.35. The fraction of sp³-hybridized carbons (Fsp3) is 0.100. The Kier molecular flexibility index (Phi) is 4.86. The number of hydrogen-bond acceptors (Lipinski definition) is 7. The van der Waals surface area contributed by atoms with Crippen LogP contribution in [-0.4, -0.2) is 28.0 Å². The Balaban J connectivity index is 1.52. The van der Waals surface area contributed by atoms with Gasteiger partial charge in [-0.2, -0.15) is 0 Å². The Bertz CT molecular complexity index is 1100.